The molecule has 2 aromatic rings. The second kappa shape index (κ2) is 7.38. The van der Waals surface area contributed by atoms with Gasteiger partial charge >= 0.3 is 0 Å². The molecule has 0 aromatic carbocycles. The smallest absolute Gasteiger partial charge is 0.271 e. The average molecular weight is 352 g/mol. The molecule has 0 unspecified atom stereocenters. The molecule has 0 aliphatic heterocycles. The van der Waals surface area contributed by atoms with Crippen molar-refractivity contribution < 1.29 is 26.6 Å². The summed E-state index contributed by atoms with van der Waals surface area (Å²) in [5.41, 5.74) is 2.18. The van der Waals surface area contributed by atoms with Gasteiger partial charge in [0, 0.05) is 24.3 Å². The Morgan fingerprint density at radius 3 is 1.67 bits per heavy atom. The maximum atomic E-state index is 10.8. The van der Waals surface area contributed by atoms with Crippen molar-refractivity contribution in [3.63, 3.8) is 0 Å². The van der Waals surface area contributed by atoms with Crippen LogP contribution in [-0.2, 0) is 23.2 Å². The van der Waals surface area contributed by atoms with Crippen molar-refractivity contribution >= 4 is 10.1 Å². The fourth-order valence-corrected chi connectivity index (χ4v) is 2.68. The third-order valence-corrected chi connectivity index (χ3v) is 4.45. The zero-order chi connectivity index (χ0) is 17.8. The molecule has 1 N–H and O–H groups in total. The van der Waals surface area contributed by atoms with E-state index in [1.54, 1.807) is 4.57 Å². The Bertz CT molecular complexity index is 764. The van der Waals surface area contributed by atoms with Gasteiger partial charge in [0.1, 0.15) is 12.3 Å². The summed E-state index contributed by atoms with van der Waals surface area (Å²) in [5, 5.41) is 0. The molecule has 0 spiro atoms. The molecule has 2 rings (SSSR count). The lowest BCUT2D eigenvalue weighted by Crippen LogP contribution is -2.45. The molecule has 24 heavy (non-hydrogen) atoms. The Hall–Kier alpha value is -1.83. The fourth-order valence-electron chi connectivity index (χ4n) is 2.23. The first-order valence-electron chi connectivity index (χ1n) is 7.87. The zero-order valence-corrected chi connectivity index (χ0v) is 15.3. The van der Waals surface area contributed by atoms with Crippen LogP contribution in [0, 0.1) is 0 Å². The van der Waals surface area contributed by atoms with E-state index in [2.05, 4.69) is 50.2 Å². The number of rotatable bonds is 7. The normalized spacial score (nSPS) is 12.3. The van der Waals surface area contributed by atoms with Crippen molar-refractivity contribution in [1.29, 1.82) is 0 Å². The van der Waals surface area contributed by atoms with Crippen LogP contribution in [0.25, 0.3) is 11.1 Å². The first-order chi connectivity index (χ1) is 11.1. The maximum absolute atomic E-state index is 10.8. The summed E-state index contributed by atoms with van der Waals surface area (Å²) >= 11 is 0. The van der Waals surface area contributed by atoms with Crippen molar-refractivity contribution in [3.8, 4) is 11.1 Å². The van der Waals surface area contributed by atoms with Crippen molar-refractivity contribution in [2.45, 2.75) is 13.1 Å². The minimum absolute atomic E-state index is 0.235. The molecule has 2 heterocycles. The Kier molecular flexibility index (Phi) is 5.69. The molecule has 0 atom stereocenters. The van der Waals surface area contributed by atoms with E-state index in [1.165, 1.54) is 0 Å². The lowest BCUT2D eigenvalue weighted by atomic mass is 10.1. The zero-order valence-electron chi connectivity index (χ0n) is 14.5. The van der Waals surface area contributed by atoms with Crippen LogP contribution in [0.3, 0.4) is 0 Å². The number of aryl methyl sites for hydroxylation is 1. The van der Waals surface area contributed by atoms with Gasteiger partial charge in [-0.15, -0.1) is 0 Å². The number of hydrogen-bond donors (Lipinski definition) is 1. The molecule has 0 saturated carbocycles. The highest BCUT2D eigenvalue weighted by Crippen LogP contribution is 2.15. The molecule has 0 fully saturated rings. The molecule has 0 saturated heterocycles. The van der Waals surface area contributed by atoms with E-state index in [0.29, 0.717) is 0 Å². The first kappa shape index (κ1) is 18.5. The Balaban J connectivity index is 2.01. The lowest BCUT2D eigenvalue weighted by Gasteiger charge is -2.21. The quantitative estimate of drug-likeness (QED) is 0.449. The van der Waals surface area contributed by atoms with Crippen molar-refractivity contribution in [2.75, 3.05) is 33.4 Å². The fraction of sp³-hybridized carbons (Fsp3) is 0.412. The van der Waals surface area contributed by atoms with E-state index in [0.717, 1.165) is 28.7 Å². The molecule has 7 heteroatoms. The van der Waals surface area contributed by atoms with Crippen molar-refractivity contribution in [3.05, 3.63) is 49.1 Å². The van der Waals surface area contributed by atoms with Gasteiger partial charge in [-0.2, -0.15) is 13.0 Å². The van der Waals surface area contributed by atoms with Gasteiger partial charge in [-0.1, -0.05) is 0 Å². The third kappa shape index (κ3) is 6.35. The second-order valence-corrected chi connectivity index (χ2v) is 8.52. The van der Waals surface area contributed by atoms with Crippen LogP contribution in [0.15, 0.2) is 49.1 Å². The van der Waals surface area contributed by atoms with Gasteiger partial charge in [-0.25, -0.2) is 4.57 Å². The summed E-state index contributed by atoms with van der Waals surface area (Å²) in [4.78, 5) is 0. The molecule has 2 aromatic heterocycles. The summed E-state index contributed by atoms with van der Waals surface area (Å²) in [5.74, 6) is -0.283. The van der Waals surface area contributed by atoms with Gasteiger partial charge in [0.25, 0.3) is 10.1 Å². The SMILES string of the molecule is C[N+](C)(C)CC[n+]1ccc(-c2cc[n+](CCS(=O)(=O)O)cc2)cc1. The second-order valence-electron chi connectivity index (χ2n) is 6.95. The van der Waals surface area contributed by atoms with Crippen LogP contribution in [0.1, 0.15) is 0 Å². The number of nitrogens with zero attached hydrogens (tertiary/aromatic N) is 3. The van der Waals surface area contributed by atoms with E-state index in [-0.39, 0.29) is 12.3 Å². The van der Waals surface area contributed by atoms with Gasteiger partial charge in [0.2, 0.25) is 0 Å². The highest BCUT2D eigenvalue weighted by molar-refractivity contribution is 7.85. The van der Waals surface area contributed by atoms with E-state index in [9.17, 15) is 8.42 Å². The number of pyridine rings is 2. The van der Waals surface area contributed by atoms with Gasteiger partial charge in [-0.3, -0.25) is 4.55 Å². The molecule has 0 radical (unpaired) electrons. The molecular formula is C17H26N3O3S+3. The number of quaternary nitrogens is 1. The summed E-state index contributed by atoms with van der Waals surface area (Å²) in [6.45, 7) is 2.26. The lowest BCUT2D eigenvalue weighted by molar-refractivity contribution is -0.892. The molecule has 6 nitrogen and oxygen atoms in total. The summed E-state index contributed by atoms with van der Waals surface area (Å²) in [6, 6.07) is 8.03. The largest absolute Gasteiger partial charge is 0.326 e. The monoisotopic (exact) mass is 352 g/mol. The minimum atomic E-state index is -3.93. The van der Waals surface area contributed by atoms with Crippen LogP contribution >= 0.6 is 0 Å². The summed E-state index contributed by atoms with van der Waals surface area (Å²) < 4.78 is 35.2. The average Bonchev–Trinajstić information content (AvgIpc) is 2.51. The van der Waals surface area contributed by atoms with Gasteiger partial charge in [-0.05, 0) is 11.1 Å². The molecular weight excluding hydrogens is 326 g/mol. The van der Waals surface area contributed by atoms with E-state index < -0.39 is 10.1 Å². The molecule has 0 aliphatic rings. The topological polar surface area (TPSA) is 62.1 Å². The summed E-state index contributed by atoms with van der Waals surface area (Å²) in [6.07, 6.45) is 7.78. The van der Waals surface area contributed by atoms with Gasteiger partial charge in [0.15, 0.2) is 37.9 Å². The number of aromatic nitrogens is 2. The molecule has 0 aliphatic carbocycles. The van der Waals surface area contributed by atoms with E-state index in [4.69, 9.17) is 4.55 Å². The van der Waals surface area contributed by atoms with Gasteiger partial charge in [0.05, 0.1) is 21.1 Å². The highest BCUT2D eigenvalue weighted by Gasteiger charge is 2.12. The molecule has 0 bridgehead atoms. The standard InChI is InChI=1S/C17H25N3O3S/c1-20(2,3)14-12-18-8-4-16(5-9-18)17-6-10-19(11-7-17)13-15-24(21,22)23/h4-11H,12-15H2,1-3H3/q+2/p+1. The Labute approximate surface area is 144 Å². The third-order valence-electron chi connectivity index (χ3n) is 3.75. The van der Waals surface area contributed by atoms with Crippen LogP contribution in [0.5, 0.6) is 0 Å². The van der Waals surface area contributed by atoms with Crippen LogP contribution in [-0.4, -0.2) is 50.9 Å². The van der Waals surface area contributed by atoms with Crippen LogP contribution in [0.2, 0.25) is 0 Å². The van der Waals surface area contributed by atoms with Crippen molar-refractivity contribution in [2.24, 2.45) is 0 Å². The molecule has 130 valence electrons. The highest BCUT2D eigenvalue weighted by atomic mass is 32.2. The van der Waals surface area contributed by atoms with Gasteiger partial charge < -0.3 is 4.48 Å². The summed E-state index contributed by atoms with van der Waals surface area (Å²) in [7, 11) is 2.60. The van der Waals surface area contributed by atoms with Crippen molar-refractivity contribution in [1.82, 2.24) is 0 Å². The van der Waals surface area contributed by atoms with E-state index in [1.807, 2.05) is 24.5 Å². The number of hydrogen-bond acceptors (Lipinski definition) is 2. The van der Waals surface area contributed by atoms with Crippen LogP contribution < -0.4 is 9.13 Å². The number of likely N-dealkylation sites (N-methyl/N-ethyl adjacent to an activating group) is 1. The van der Waals surface area contributed by atoms with E-state index >= 15 is 0 Å². The predicted molar refractivity (Wildman–Crippen MR) is 91.6 cm³/mol. The first-order valence-corrected chi connectivity index (χ1v) is 9.47. The minimum Gasteiger partial charge on any atom is -0.326 e. The van der Waals surface area contributed by atoms with Crippen LogP contribution in [0.4, 0.5) is 0 Å². The maximum Gasteiger partial charge on any atom is 0.271 e. The Morgan fingerprint density at radius 2 is 1.29 bits per heavy atom. The molecule has 0 amide bonds. The predicted octanol–water partition coefficient (Wildman–Crippen LogP) is 0.523. The Morgan fingerprint density at radius 1 is 0.875 bits per heavy atom.